The minimum Gasteiger partial charge on any atom is -0.494 e. The zero-order chi connectivity index (χ0) is 12.5. The molecular weight excluding hydrogens is 264 g/mol. The van der Waals surface area contributed by atoms with E-state index in [1.165, 1.54) is 0 Å². The number of nitrogens with two attached hydrogens (primary N) is 1. The maximum atomic E-state index is 5.92. The van der Waals surface area contributed by atoms with Gasteiger partial charge in [0.05, 0.1) is 27.4 Å². The molecule has 5 heteroatoms. The molecule has 18 heavy (non-hydrogen) atoms. The molecule has 92 valence electrons. The number of benzene rings is 1. The van der Waals surface area contributed by atoms with Gasteiger partial charge in [-0.3, -0.25) is 0 Å². The van der Waals surface area contributed by atoms with Crippen molar-refractivity contribution in [2.24, 2.45) is 0 Å². The number of anilines is 1. The molecule has 0 saturated heterocycles. The number of hydrogen-bond donors (Lipinski definition) is 1. The molecule has 0 unspecified atom stereocenters. The van der Waals surface area contributed by atoms with Crippen molar-refractivity contribution in [1.82, 2.24) is 4.98 Å². The first-order valence-electron chi connectivity index (χ1n) is 5.64. The summed E-state index contributed by atoms with van der Waals surface area (Å²) in [6, 6.07) is 7.89. The van der Waals surface area contributed by atoms with Crippen LogP contribution >= 0.6 is 22.7 Å². The molecule has 0 atom stereocenters. The summed E-state index contributed by atoms with van der Waals surface area (Å²) in [6.45, 7) is 2.66. The predicted molar refractivity (Wildman–Crippen MR) is 78.5 cm³/mol. The highest BCUT2D eigenvalue weighted by Crippen LogP contribution is 2.37. The second-order valence-corrected chi connectivity index (χ2v) is 5.73. The zero-order valence-corrected chi connectivity index (χ0v) is 11.5. The van der Waals surface area contributed by atoms with E-state index >= 15 is 0 Å². The summed E-state index contributed by atoms with van der Waals surface area (Å²) in [4.78, 5) is 5.66. The molecule has 3 aromatic rings. The summed E-state index contributed by atoms with van der Waals surface area (Å²) in [6.07, 6.45) is 0. The van der Waals surface area contributed by atoms with Crippen LogP contribution in [0.3, 0.4) is 0 Å². The van der Waals surface area contributed by atoms with Gasteiger partial charge >= 0.3 is 0 Å². The van der Waals surface area contributed by atoms with Crippen LogP contribution in [0, 0.1) is 0 Å². The van der Waals surface area contributed by atoms with Gasteiger partial charge in [-0.1, -0.05) is 0 Å². The van der Waals surface area contributed by atoms with Gasteiger partial charge in [0.25, 0.3) is 0 Å². The number of thiophene rings is 1. The number of nitrogens with zero attached hydrogens (tertiary/aromatic N) is 1. The van der Waals surface area contributed by atoms with Crippen molar-refractivity contribution in [1.29, 1.82) is 0 Å². The van der Waals surface area contributed by atoms with Gasteiger partial charge in [-0.05, 0) is 36.6 Å². The fraction of sp³-hybridized carbons (Fsp3) is 0.154. The van der Waals surface area contributed by atoms with Gasteiger partial charge in [0, 0.05) is 0 Å². The maximum absolute atomic E-state index is 5.92. The molecule has 0 aliphatic heterocycles. The highest BCUT2D eigenvalue weighted by Gasteiger charge is 2.10. The van der Waals surface area contributed by atoms with E-state index < -0.39 is 0 Å². The quantitative estimate of drug-likeness (QED) is 0.786. The number of hydrogen-bond acceptors (Lipinski definition) is 5. The van der Waals surface area contributed by atoms with E-state index in [1.807, 2.05) is 36.6 Å². The van der Waals surface area contributed by atoms with Crippen LogP contribution in [0.2, 0.25) is 0 Å². The molecule has 2 N–H and O–H groups in total. The first kappa shape index (κ1) is 11.5. The van der Waals surface area contributed by atoms with Crippen LogP contribution in [0.4, 0.5) is 5.69 Å². The topological polar surface area (TPSA) is 48.1 Å². The van der Waals surface area contributed by atoms with Crippen molar-refractivity contribution in [2.75, 3.05) is 12.3 Å². The van der Waals surface area contributed by atoms with Gasteiger partial charge in [0.2, 0.25) is 0 Å². The Labute approximate surface area is 113 Å². The number of nitrogen functional groups attached to an aromatic ring is 1. The average Bonchev–Trinajstić information content (AvgIpc) is 2.94. The Morgan fingerprint density at radius 2 is 2.22 bits per heavy atom. The molecule has 0 amide bonds. The molecule has 3 nitrogen and oxygen atoms in total. The molecule has 3 rings (SSSR count). The molecule has 0 fully saturated rings. The second-order valence-electron chi connectivity index (χ2n) is 3.79. The van der Waals surface area contributed by atoms with Gasteiger partial charge in [-0.25, -0.2) is 4.98 Å². The average molecular weight is 276 g/mol. The second kappa shape index (κ2) is 4.59. The lowest BCUT2D eigenvalue weighted by atomic mass is 10.3. The van der Waals surface area contributed by atoms with E-state index in [9.17, 15) is 0 Å². The molecular formula is C13H12N2OS2. The zero-order valence-electron chi connectivity index (χ0n) is 9.84. The molecule has 0 aliphatic carbocycles. The van der Waals surface area contributed by atoms with Crippen molar-refractivity contribution < 1.29 is 4.74 Å². The molecule has 0 saturated carbocycles. The number of fused-ring (bicyclic) bond motifs is 1. The van der Waals surface area contributed by atoms with Crippen molar-refractivity contribution in [3.05, 3.63) is 29.6 Å². The fourth-order valence-electron chi connectivity index (χ4n) is 1.75. The number of aromatic nitrogens is 1. The summed E-state index contributed by atoms with van der Waals surface area (Å²) in [5.74, 6) is 0.888. The van der Waals surface area contributed by atoms with E-state index in [-0.39, 0.29) is 0 Å². The van der Waals surface area contributed by atoms with E-state index in [0.717, 1.165) is 31.5 Å². The monoisotopic (exact) mass is 276 g/mol. The van der Waals surface area contributed by atoms with Gasteiger partial charge in [-0.15, -0.1) is 22.7 Å². The van der Waals surface area contributed by atoms with Crippen LogP contribution in [0.1, 0.15) is 6.92 Å². The SMILES string of the molecule is CCOc1ccc2nc(-c3sccc3N)sc2c1. The van der Waals surface area contributed by atoms with E-state index in [2.05, 4.69) is 4.98 Å². The maximum Gasteiger partial charge on any atom is 0.136 e. The lowest BCUT2D eigenvalue weighted by molar-refractivity contribution is 0.341. The Balaban J connectivity index is 2.08. The van der Waals surface area contributed by atoms with Crippen LogP contribution in [0.15, 0.2) is 29.6 Å². The van der Waals surface area contributed by atoms with E-state index in [4.69, 9.17) is 10.5 Å². The Kier molecular flexibility index (Phi) is 2.93. The van der Waals surface area contributed by atoms with Crippen molar-refractivity contribution in [2.45, 2.75) is 6.92 Å². The lowest BCUT2D eigenvalue weighted by Gasteiger charge is -2.00. The molecule has 2 aromatic heterocycles. The van der Waals surface area contributed by atoms with Gasteiger partial charge < -0.3 is 10.5 Å². The smallest absolute Gasteiger partial charge is 0.136 e. The Morgan fingerprint density at radius 3 is 2.94 bits per heavy atom. The normalized spacial score (nSPS) is 10.9. The fourth-order valence-corrected chi connectivity index (χ4v) is 3.68. The molecule has 0 radical (unpaired) electrons. The number of ether oxygens (including phenoxy) is 1. The van der Waals surface area contributed by atoms with E-state index in [1.54, 1.807) is 22.7 Å². The van der Waals surface area contributed by atoms with Gasteiger partial charge in [0.1, 0.15) is 10.8 Å². The third-order valence-electron chi connectivity index (χ3n) is 2.56. The summed E-state index contributed by atoms with van der Waals surface area (Å²) >= 11 is 3.27. The van der Waals surface area contributed by atoms with Gasteiger partial charge in [0.15, 0.2) is 0 Å². The summed E-state index contributed by atoms with van der Waals surface area (Å²) in [5.41, 5.74) is 7.71. The molecule has 0 aliphatic rings. The first-order valence-corrected chi connectivity index (χ1v) is 7.34. The molecule has 1 aromatic carbocycles. The van der Waals surface area contributed by atoms with Gasteiger partial charge in [-0.2, -0.15) is 0 Å². The molecule has 0 bridgehead atoms. The summed E-state index contributed by atoms with van der Waals surface area (Å²) in [5, 5.41) is 2.97. The largest absolute Gasteiger partial charge is 0.494 e. The Morgan fingerprint density at radius 1 is 1.33 bits per heavy atom. The van der Waals surface area contributed by atoms with Crippen LogP contribution in [-0.4, -0.2) is 11.6 Å². The first-order chi connectivity index (χ1) is 8.78. The third-order valence-corrected chi connectivity index (χ3v) is 4.66. The predicted octanol–water partition coefficient (Wildman–Crippen LogP) is 4.01. The third kappa shape index (κ3) is 1.95. The Bertz CT molecular complexity index is 687. The van der Waals surface area contributed by atoms with Crippen LogP contribution < -0.4 is 10.5 Å². The van der Waals surface area contributed by atoms with Crippen LogP contribution in [0.25, 0.3) is 20.1 Å². The standard InChI is InChI=1S/C13H12N2OS2/c1-2-16-8-3-4-10-11(7-8)18-13(15-10)12-9(14)5-6-17-12/h3-7H,2,14H2,1H3. The van der Waals surface area contributed by atoms with Crippen molar-refractivity contribution in [3.8, 4) is 15.6 Å². The molecule has 0 spiro atoms. The minimum absolute atomic E-state index is 0.676. The van der Waals surface area contributed by atoms with Crippen molar-refractivity contribution >= 4 is 38.6 Å². The van der Waals surface area contributed by atoms with Crippen LogP contribution in [-0.2, 0) is 0 Å². The highest BCUT2D eigenvalue weighted by molar-refractivity contribution is 7.25. The van der Waals surface area contributed by atoms with E-state index in [0.29, 0.717) is 6.61 Å². The Hall–Kier alpha value is -1.59. The van der Waals surface area contributed by atoms with Crippen molar-refractivity contribution in [3.63, 3.8) is 0 Å². The van der Waals surface area contributed by atoms with Crippen LogP contribution in [0.5, 0.6) is 5.75 Å². The number of thiazole rings is 1. The summed E-state index contributed by atoms with van der Waals surface area (Å²) < 4.78 is 6.62. The summed E-state index contributed by atoms with van der Waals surface area (Å²) in [7, 11) is 0. The molecule has 2 heterocycles. The lowest BCUT2D eigenvalue weighted by Crippen LogP contribution is -1.89. The number of rotatable bonds is 3. The minimum atomic E-state index is 0.676. The highest BCUT2D eigenvalue weighted by atomic mass is 32.1.